The number of hydrogen-bond donors (Lipinski definition) is 1. The van der Waals surface area contributed by atoms with E-state index in [0.29, 0.717) is 11.3 Å². The van der Waals surface area contributed by atoms with Crippen LogP contribution in [0, 0.1) is 13.8 Å². The number of aryl methyl sites for hydroxylation is 3. The molecule has 0 saturated carbocycles. The number of rotatable bonds is 4. The molecule has 5 nitrogen and oxygen atoms in total. The molecule has 0 spiro atoms. The van der Waals surface area contributed by atoms with Crippen LogP contribution in [0.25, 0.3) is 0 Å². The van der Waals surface area contributed by atoms with Gasteiger partial charge in [-0.25, -0.2) is 8.42 Å². The molecule has 1 aromatic heterocycles. The maximum atomic E-state index is 12.2. The second-order valence-electron chi connectivity index (χ2n) is 5.27. The second kappa shape index (κ2) is 5.96. The number of carbonyl (C=O) groups excluding carboxylic acids is 1. The van der Waals surface area contributed by atoms with E-state index in [-0.39, 0.29) is 16.6 Å². The molecule has 2 rings (SSSR count). The molecule has 22 heavy (non-hydrogen) atoms. The second-order valence-corrected chi connectivity index (χ2v) is 7.29. The highest BCUT2D eigenvalue weighted by molar-refractivity contribution is 7.90. The van der Waals surface area contributed by atoms with E-state index in [9.17, 15) is 13.2 Å². The van der Waals surface area contributed by atoms with Gasteiger partial charge in [0.25, 0.3) is 5.91 Å². The van der Waals surface area contributed by atoms with Crippen molar-refractivity contribution in [1.29, 1.82) is 0 Å². The topological polar surface area (TPSA) is 76.4 Å². The maximum Gasteiger partial charge on any atom is 0.291 e. The summed E-state index contributed by atoms with van der Waals surface area (Å²) < 4.78 is 28.5. The first-order chi connectivity index (χ1) is 10.2. The quantitative estimate of drug-likeness (QED) is 0.938. The highest BCUT2D eigenvalue weighted by atomic mass is 32.2. The third kappa shape index (κ3) is 3.39. The standard InChI is InChI=1S/C16H19NO4S/c1-5-14-11(3)9-15(21-14)16(18)17-13-7-6-12(8-10(13)2)22(4,19)20/h6-9H,5H2,1-4H3,(H,17,18). The van der Waals surface area contributed by atoms with Crippen LogP contribution in [-0.4, -0.2) is 20.6 Å². The number of anilines is 1. The van der Waals surface area contributed by atoms with Crippen LogP contribution in [0.2, 0.25) is 0 Å². The van der Waals surface area contributed by atoms with Crippen molar-refractivity contribution in [2.24, 2.45) is 0 Å². The van der Waals surface area contributed by atoms with E-state index in [0.717, 1.165) is 24.0 Å². The number of carbonyl (C=O) groups is 1. The normalized spacial score (nSPS) is 11.5. The van der Waals surface area contributed by atoms with Gasteiger partial charge in [-0.1, -0.05) is 6.92 Å². The Bertz CT molecular complexity index is 819. The molecule has 0 unspecified atom stereocenters. The summed E-state index contributed by atoms with van der Waals surface area (Å²) in [7, 11) is -3.26. The van der Waals surface area contributed by atoms with Gasteiger partial charge in [0.15, 0.2) is 15.6 Å². The van der Waals surface area contributed by atoms with Crippen molar-refractivity contribution < 1.29 is 17.6 Å². The predicted octanol–water partition coefficient (Wildman–Crippen LogP) is 3.11. The Morgan fingerprint density at radius 1 is 1.18 bits per heavy atom. The number of hydrogen-bond acceptors (Lipinski definition) is 4. The van der Waals surface area contributed by atoms with Crippen LogP contribution in [0.5, 0.6) is 0 Å². The molecule has 1 heterocycles. The summed E-state index contributed by atoms with van der Waals surface area (Å²) in [5.74, 6) is 0.688. The molecular weight excluding hydrogens is 302 g/mol. The van der Waals surface area contributed by atoms with Crippen molar-refractivity contribution in [1.82, 2.24) is 0 Å². The fraction of sp³-hybridized carbons (Fsp3) is 0.312. The fourth-order valence-corrected chi connectivity index (χ4v) is 2.88. The largest absolute Gasteiger partial charge is 0.456 e. The Labute approximate surface area is 130 Å². The molecule has 0 fully saturated rings. The zero-order valence-corrected chi connectivity index (χ0v) is 13.9. The zero-order chi connectivity index (χ0) is 16.5. The Kier molecular flexibility index (Phi) is 4.42. The Hall–Kier alpha value is -2.08. The molecule has 0 aliphatic carbocycles. The summed E-state index contributed by atoms with van der Waals surface area (Å²) in [6.45, 7) is 5.60. The Morgan fingerprint density at radius 3 is 2.36 bits per heavy atom. The van der Waals surface area contributed by atoms with Crippen LogP contribution in [-0.2, 0) is 16.3 Å². The van der Waals surface area contributed by atoms with Crippen LogP contribution in [0.4, 0.5) is 5.69 Å². The molecular formula is C16H19NO4S. The smallest absolute Gasteiger partial charge is 0.291 e. The van der Waals surface area contributed by atoms with E-state index in [4.69, 9.17) is 4.42 Å². The molecule has 2 aromatic rings. The lowest BCUT2D eigenvalue weighted by molar-refractivity contribution is 0.0995. The molecule has 0 atom stereocenters. The highest BCUT2D eigenvalue weighted by Gasteiger charge is 2.15. The van der Waals surface area contributed by atoms with Gasteiger partial charge in [-0.3, -0.25) is 4.79 Å². The number of sulfone groups is 1. The molecule has 118 valence electrons. The lowest BCUT2D eigenvalue weighted by Crippen LogP contribution is -2.12. The predicted molar refractivity (Wildman–Crippen MR) is 85.1 cm³/mol. The highest BCUT2D eigenvalue weighted by Crippen LogP contribution is 2.21. The van der Waals surface area contributed by atoms with Crippen LogP contribution in [0.15, 0.2) is 33.6 Å². The van der Waals surface area contributed by atoms with E-state index < -0.39 is 9.84 Å². The van der Waals surface area contributed by atoms with Crippen LogP contribution >= 0.6 is 0 Å². The molecule has 6 heteroatoms. The number of nitrogens with one attached hydrogen (secondary N) is 1. The molecule has 1 aromatic carbocycles. The van der Waals surface area contributed by atoms with Gasteiger partial charge in [0, 0.05) is 18.4 Å². The first kappa shape index (κ1) is 16.3. The minimum absolute atomic E-state index is 0.227. The third-order valence-electron chi connectivity index (χ3n) is 3.44. The Balaban J connectivity index is 2.25. The number of furan rings is 1. The van der Waals surface area contributed by atoms with Gasteiger partial charge in [-0.2, -0.15) is 0 Å². The van der Waals surface area contributed by atoms with Crippen LogP contribution in [0.3, 0.4) is 0 Å². The average Bonchev–Trinajstić information content (AvgIpc) is 2.81. The molecule has 0 aliphatic rings. The van der Waals surface area contributed by atoms with E-state index in [1.807, 2.05) is 13.8 Å². The van der Waals surface area contributed by atoms with E-state index in [1.54, 1.807) is 19.1 Å². The van der Waals surface area contributed by atoms with Crippen molar-refractivity contribution >= 4 is 21.4 Å². The van der Waals surface area contributed by atoms with Gasteiger partial charge >= 0.3 is 0 Å². The van der Waals surface area contributed by atoms with Crippen molar-refractivity contribution in [2.75, 3.05) is 11.6 Å². The molecule has 0 bridgehead atoms. The lowest BCUT2D eigenvalue weighted by Gasteiger charge is -2.08. The van der Waals surface area contributed by atoms with Gasteiger partial charge in [0.2, 0.25) is 0 Å². The number of amides is 1. The average molecular weight is 321 g/mol. The van der Waals surface area contributed by atoms with Gasteiger partial charge in [-0.15, -0.1) is 0 Å². The first-order valence-electron chi connectivity index (χ1n) is 6.93. The van der Waals surface area contributed by atoms with Gasteiger partial charge in [-0.05, 0) is 49.2 Å². The summed E-state index contributed by atoms with van der Waals surface area (Å²) in [5.41, 5.74) is 2.18. The molecule has 0 saturated heterocycles. The van der Waals surface area contributed by atoms with E-state index >= 15 is 0 Å². The summed E-state index contributed by atoms with van der Waals surface area (Å²) >= 11 is 0. The van der Waals surface area contributed by atoms with Crippen LogP contribution < -0.4 is 5.32 Å². The lowest BCUT2D eigenvalue weighted by atomic mass is 10.2. The zero-order valence-electron chi connectivity index (χ0n) is 13.1. The van der Waals surface area contributed by atoms with Gasteiger partial charge < -0.3 is 9.73 Å². The van der Waals surface area contributed by atoms with E-state index in [1.165, 1.54) is 12.1 Å². The molecule has 1 N–H and O–H groups in total. The molecule has 1 amide bonds. The SMILES string of the molecule is CCc1oc(C(=O)Nc2ccc(S(C)(=O)=O)cc2C)cc1C. The summed E-state index contributed by atoms with van der Waals surface area (Å²) in [4.78, 5) is 12.4. The minimum Gasteiger partial charge on any atom is -0.456 e. The van der Waals surface area contributed by atoms with Crippen molar-refractivity contribution in [3.8, 4) is 0 Å². The monoisotopic (exact) mass is 321 g/mol. The summed E-state index contributed by atoms with van der Waals surface area (Å²) in [6.07, 6.45) is 1.87. The minimum atomic E-state index is -3.26. The molecule has 0 radical (unpaired) electrons. The van der Waals surface area contributed by atoms with Crippen molar-refractivity contribution in [3.05, 3.63) is 46.9 Å². The molecule has 0 aliphatic heterocycles. The van der Waals surface area contributed by atoms with Crippen molar-refractivity contribution in [3.63, 3.8) is 0 Å². The summed E-state index contributed by atoms with van der Waals surface area (Å²) in [5, 5.41) is 2.74. The van der Waals surface area contributed by atoms with Gasteiger partial charge in [0.1, 0.15) is 5.76 Å². The fourth-order valence-electron chi connectivity index (χ4n) is 2.17. The number of benzene rings is 1. The van der Waals surface area contributed by atoms with E-state index in [2.05, 4.69) is 5.32 Å². The third-order valence-corrected chi connectivity index (χ3v) is 4.55. The Morgan fingerprint density at radius 2 is 1.86 bits per heavy atom. The maximum absolute atomic E-state index is 12.2. The summed E-state index contributed by atoms with van der Waals surface area (Å²) in [6, 6.07) is 6.30. The van der Waals surface area contributed by atoms with Gasteiger partial charge in [0.05, 0.1) is 4.90 Å². The van der Waals surface area contributed by atoms with Crippen LogP contribution in [0.1, 0.15) is 34.4 Å². The first-order valence-corrected chi connectivity index (χ1v) is 8.83. The van der Waals surface area contributed by atoms with Crippen molar-refractivity contribution in [2.45, 2.75) is 32.1 Å².